The minimum Gasteiger partial charge on any atom is -0.457 e. The summed E-state index contributed by atoms with van der Waals surface area (Å²) in [6, 6.07) is 20.4. The molecule has 2 aromatic carbocycles. The summed E-state index contributed by atoms with van der Waals surface area (Å²) in [5.74, 6) is 1.14. The number of rotatable bonds is 4. The molecule has 152 valence electrons. The van der Waals surface area contributed by atoms with Crippen LogP contribution >= 0.6 is 22.9 Å². The lowest BCUT2D eigenvalue weighted by atomic mass is 10.1. The molecule has 6 nitrogen and oxygen atoms in total. The van der Waals surface area contributed by atoms with Crippen LogP contribution in [-0.4, -0.2) is 14.6 Å². The third-order valence-corrected chi connectivity index (χ3v) is 5.87. The molecular formula is C23H14ClN3O3S. The van der Waals surface area contributed by atoms with Gasteiger partial charge in [0.1, 0.15) is 21.7 Å². The monoisotopic (exact) mass is 447 g/mol. The van der Waals surface area contributed by atoms with Gasteiger partial charge in [-0.15, -0.1) is 0 Å². The van der Waals surface area contributed by atoms with Crippen molar-refractivity contribution in [3.63, 3.8) is 0 Å². The summed E-state index contributed by atoms with van der Waals surface area (Å²) >= 11 is 7.14. The van der Waals surface area contributed by atoms with Gasteiger partial charge in [0, 0.05) is 23.1 Å². The minimum absolute atomic E-state index is 0.228. The number of benzene rings is 2. The second-order valence-corrected chi connectivity index (χ2v) is 8.29. The van der Waals surface area contributed by atoms with Gasteiger partial charge in [-0.25, -0.2) is 0 Å². The van der Waals surface area contributed by atoms with Crippen molar-refractivity contribution in [2.75, 3.05) is 0 Å². The van der Waals surface area contributed by atoms with Crippen molar-refractivity contribution in [2.45, 2.75) is 6.42 Å². The largest absolute Gasteiger partial charge is 0.457 e. The lowest BCUT2D eigenvalue weighted by Crippen LogP contribution is -2.28. The number of thiazole rings is 1. The van der Waals surface area contributed by atoms with Gasteiger partial charge >= 0.3 is 0 Å². The summed E-state index contributed by atoms with van der Waals surface area (Å²) in [4.78, 5) is 29.5. The topological polar surface area (TPSA) is 77.5 Å². The molecule has 5 aromatic rings. The Labute approximate surface area is 184 Å². The molecule has 0 atom stereocenters. The zero-order valence-electron chi connectivity index (χ0n) is 16.0. The van der Waals surface area contributed by atoms with Gasteiger partial charge in [-0.05, 0) is 29.8 Å². The van der Waals surface area contributed by atoms with E-state index < -0.39 is 5.56 Å². The van der Waals surface area contributed by atoms with Gasteiger partial charge in [0.2, 0.25) is 4.96 Å². The quantitative estimate of drug-likeness (QED) is 0.421. The van der Waals surface area contributed by atoms with Gasteiger partial charge in [-0.1, -0.05) is 65.4 Å². The Morgan fingerprint density at radius 3 is 2.68 bits per heavy atom. The van der Waals surface area contributed by atoms with Crippen LogP contribution in [0.5, 0.6) is 0 Å². The summed E-state index contributed by atoms with van der Waals surface area (Å²) in [6.45, 7) is 0. The van der Waals surface area contributed by atoms with E-state index in [1.54, 1.807) is 24.3 Å². The first-order valence-electron chi connectivity index (χ1n) is 9.41. The molecule has 3 heterocycles. The van der Waals surface area contributed by atoms with Crippen molar-refractivity contribution in [1.82, 2.24) is 14.6 Å². The van der Waals surface area contributed by atoms with Gasteiger partial charge < -0.3 is 4.42 Å². The first-order chi connectivity index (χ1) is 15.1. The van der Waals surface area contributed by atoms with Crippen LogP contribution in [0.2, 0.25) is 5.02 Å². The fraction of sp³-hybridized carbons (Fsp3) is 0.0435. The van der Waals surface area contributed by atoms with Crippen LogP contribution in [0.4, 0.5) is 0 Å². The van der Waals surface area contributed by atoms with Crippen LogP contribution in [0.25, 0.3) is 22.4 Å². The number of halogens is 1. The molecule has 5 rings (SSSR count). The van der Waals surface area contributed by atoms with Crippen molar-refractivity contribution in [2.24, 2.45) is 0 Å². The first-order valence-corrected chi connectivity index (χ1v) is 10.6. The Kier molecular flexibility index (Phi) is 4.97. The smallest absolute Gasteiger partial charge is 0.296 e. The average Bonchev–Trinajstić information content (AvgIpc) is 3.35. The highest BCUT2D eigenvalue weighted by Crippen LogP contribution is 2.25. The Hall–Kier alpha value is -3.55. The van der Waals surface area contributed by atoms with Gasteiger partial charge in [0.15, 0.2) is 0 Å². The average molecular weight is 448 g/mol. The number of furan rings is 1. The highest BCUT2D eigenvalue weighted by molar-refractivity contribution is 7.15. The van der Waals surface area contributed by atoms with E-state index in [9.17, 15) is 9.59 Å². The normalized spacial score (nSPS) is 12.0. The Balaban J connectivity index is 1.54. The SMILES string of the molecule is O=c1nc2s/c(=C\c3ccc(-c4cccc(Cl)c4)o3)c(=O)n2nc1Cc1ccccc1. The Bertz CT molecular complexity index is 1570. The third-order valence-electron chi connectivity index (χ3n) is 4.67. The van der Waals surface area contributed by atoms with E-state index in [4.69, 9.17) is 16.0 Å². The summed E-state index contributed by atoms with van der Waals surface area (Å²) in [5, 5.41) is 4.88. The molecule has 0 bridgehead atoms. The summed E-state index contributed by atoms with van der Waals surface area (Å²) in [7, 11) is 0. The second-order valence-electron chi connectivity index (χ2n) is 6.85. The predicted octanol–water partition coefficient (Wildman–Crippen LogP) is 3.56. The standard InChI is InChI=1S/C23H14ClN3O3S/c24-16-8-4-7-15(12-16)19-10-9-17(30-19)13-20-22(29)27-23(31-20)25-21(28)18(26-27)11-14-5-2-1-3-6-14/h1-10,12-13H,11H2/b20-13-. The van der Waals surface area contributed by atoms with Gasteiger partial charge in [-0.3, -0.25) is 9.59 Å². The highest BCUT2D eigenvalue weighted by atomic mass is 35.5. The van der Waals surface area contributed by atoms with E-state index in [1.807, 2.05) is 48.5 Å². The van der Waals surface area contributed by atoms with E-state index in [-0.39, 0.29) is 16.2 Å². The minimum atomic E-state index is -0.433. The van der Waals surface area contributed by atoms with E-state index in [0.717, 1.165) is 22.5 Å². The molecule has 0 amide bonds. The molecule has 0 spiro atoms. The van der Waals surface area contributed by atoms with Crippen LogP contribution in [0.1, 0.15) is 17.0 Å². The van der Waals surface area contributed by atoms with Crippen molar-refractivity contribution in [3.05, 3.63) is 114 Å². The predicted molar refractivity (Wildman–Crippen MR) is 121 cm³/mol. The molecule has 0 saturated heterocycles. The maximum absolute atomic E-state index is 12.8. The summed E-state index contributed by atoms with van der Waals surface area (Å²) in [5.41, 5.74) is 1.21. The van der Waals surface area contributed by atoms with E-state index >= 15 is 0 Å². The molecule has 8 heteroatoms. The molecule has 0 aliphatic rings. The Morgan fingerprint density at radius 1 is 1.03 bits per heavy atom. The van der Waals surface area contributed by atoms with Crippen molar-refractivity contribution >= 4 is 34.0 Å². The lowest BCUT2D eigenvalue weighted by Gasteiger charge is -1.99. The maximum Gasteiger partial charge on any atom is 0.296 e. The molecule has 0 radical (unpaired) electrons. The van der Waals surface area contributed by atoms with Crippen molar-refractivity contribution in [1.29, 1.82) is 0 Å². The summed E-state index contributed by atoms with van der Waals surface area (Å²) in [6.07, 6.45) is 1.93. The fourth-order valence-electron chi connectivity index (χ4n) is 3.20. The third kappa shape index (κ3) is 3.93. The first kappa shape index (κ1) is 19.4. The van der Waals surface area contributed by atoms with Crippen LogP contribution < -0.4 is 15.7 Å². The van der Waals surface area contributed by atoms with Gasteiger partial charge in [0.05, 0.1) is 0 Å². The maximum atomic E-state index is 12.8. The second kappa shape index (κ2) is 7.94. The molecule has 31 heavy (non-hydrogen) atoms. The molecule has 0 unspecified atom stereocenters. The highest BCUT2D eigenvalue weighted by Gasteiger charge is 2.12. The van der Waals surface area contributed by atoms with Crippen molar-refractivity contribution in [3.8, 4) is 11.3 Å². The molecule has 0 N–H and O–H groups in total. The zero-order chi connectivity index (χ0) is 21.4. The molecule has 0 aliphatic carbocycles. The Morgan fingerprint density at radius 2 is 1.87 bits per heavy atom. The number of aromatic nitrogens is 3. The molecule has 3 aromatic heterocycles. The van der Waals surface area contributed by atoms with E-state index in [2.05, 4.69) is 10.1 Å². The number of nitrogens with zero attached hydrogens (tertiary/aromatic N) is 3. The van der Waals surface area contributed by atoms with E-state index in [0.29, 0.717) is 27.5 Å². The van der Waals surface area contributed by atoms with Crippen LogP contribution in [0, 0.1) is 0 Å². The molecule has 0 aliphatic heterocycles. The van der Waals surface area contributed by atoms with Crippen molar-refractivity contribution < 1.29 is 4.42 Å². The number of fused-ring (bicyclic) bond motifs is 1. The number of hydrogen-bond donors (Lipinski definition) is 0. The van der Waals surface area contributed by atoms with Crippen LogP contribution in [-0.2, 0) is 6.42 Å². The number of hydrogen-bond acceptors (Lipinski definition) is 6. The lowest BCUT2D eigenvalue weighted by molar-refractivity contribution is 0.571. The fourth-order valence-corrected chi connectivity index (χ4v) is 4.27. The van der Waals surface area contributed by atoms with Crippen LogP contribution in [0.3, 0.4) is 0 Å². The van der Waals surface area contributed by atoms with Crippen LogP contribution in [0.15, 0.2) is 80.7 Å². The van der Waals surface area contributed by atoms with E-state index in [1.165, 1.54) is 4.52 Å². The van der Waals surface area contributed by atoms with Gasteiger partial charge in [0.25, 0.3) is 11.1 Å². The van der Waals surface area contributed by atoms with Gasteiger partial charge in [-0.2, -0.15) is 14.6 Å². The molecular weight excluding hydrogens is 434 g/mol. The summed E-state index contributed by atoms with van der Waals surface area (Å²) < 4.78 is 7.40. The molecule has 0 fully saturated rings. The zero-order valence-corrected chi connectivity index (χ0v) is 17.6. The molecule has 0 saturated carbocycles.